The molecule has 3 aromatic rings. The van der Waals surface area contributed by atoms with E-state index in [2.05, 4.69) is 15.1 Å². The second-order valence-electron chi connectivity index (χ2n) is 4.70. The van der Waals surface area contributed by atoms with Crippen molar-refractivity contribution in [2.24, 2.45) is 5.16 Å². The van der Waals surface area contributed by atoms with Crippen molar-refractivity contribution in [3.05, 3.63) is 72.1 Å². The van der Waals surface area contributed by atoms with E-state index in [0.29, 0.717) is 23.1 Å². The molecule has 6 heteroatoms. The minimum atomic E-state index is 0.459. The molecule has 0 aliphatic carbocycles. The normalized spacial score (nSPS) is 11.3. The number of hydrogen-bond acceptors (Lipinski definition) is 6. The number of furan rings is 1. The molecule has 0 saturated carbocycles. The molecule has 0 atom stereocenters. The number of ether oxygens (including phenoxy) is 1. The summed E-state index contributed by atoms with van der Waals surface area (Å²) in [6, 6.07) is 12.8. The van der Waals surface area contributed by atoms with Gasteiger partial charge in [0.2, 0.25) is 5.88 Å². The van der Waals surface area contributed by atoms with Crippen LogP contribution < -0.4 is 4.74 Å². The Kier molecular flexibility index (Phi) is 4.33. The third-order valence-corrected chi connectivity index (χ3v) is 3.07. The van der Waals surface area contributed by atoms with Gasteiger partial charge in [0.25, 0.3) is 0 Å². The van der Waals surface area contributed by atoms with Crippen molar-refractivity contribution in [3.8, 4) is 11.6 Å². The summed E-state index contributed by atoms with van der Waals surface area (Å²) in [4.78, 5) is 13.1. The van der Waals surface area contributed by atoms with Gasteiger partial charge in [0.1, 0.15) is 19.2 Å². The first kappa shape index (κ1) is 14.8. The summed E-state index contributed by atoms with van der Waals surface area (Å²) in [5, 5.41) is 4.07. The minimum absolute atomic E-state index is 0.459. The molecule has 0 saturated heterocycles. The van der Waals surface area contributed by atoms with Gasteiger partial charge in [0.15, 0.2) is 11.5 Å². The molecule has 23 heavy (non-hydrogen) atoms. The summed E-state index contributed by atoms with van der Waals surface area (Å²) in [5.41, 5.74) is 2.10. The molecule has 0 unspecified atom stereocenters. The average Bonchev–Trinajstić information content (AvgIpc) is 3.08. The average molecular weight is 309 g/mol. The highest BCUT2D eigenvalue weighted by Crippen LogP contribution is 2.27. The number of hydrogen-bond donors (Lipinski definition) is 0. The van der Waals surface area contributed by atoms with Gasteiger partial charge in [-0.2, -0.15) is 0 Å². The number of oxime groups is 1. The summed E-state index contributed by atoms with van der Waals surface area (Å²) in [5.74, 6) is 1.64. The van der Waals surface area contributed by atoms with Crippen molar-refractivity contribution in [2.45, 2.75) is 6.92 Å². The molecule has 0 aliphatic rings. The van der Waals surface area contributed by atoms with Crippen LogP contribution in [0.25, 0.3) is 0 Å². The summed E-state index contributed by atoms with van der Waals surface area (Å²) in [6.45, 7) is 1.88. The van der Waals surface area contributed by atoms with E-state index < -0.39 is 0 Å². The Morgan fingerprint density at radius 1 is 1.13 bits per heavy atom. The molecule has 1 aromatic carbocycles. The summed E-state index contributed by atoms with van der Waals surface area (Å²) in [7, 11) is 1.49. The molecule has 2 heterocycles. The lowest BCUT2D eigenvalue weighted by Gasteiger charge is -2.11. The van der Waals surface area contributed by atoms with Gasteiger partial charge in [-0.25, -0.2) is 9.97 Å². The smallest absolute Gasteiger partial charge is 0.222 e. The number of benzene rings is 1. The highest BCUT2D eigenvalue weighted by molar-refractivity contribution is 6.12. The standard InChI is InChI=1S/C17H15N3O3/c1-12-10-16(19-11-18-12)23-14-7-4-3-6-13(14)17(20-21-2)15-8-5-9-22-15/h3-11H,1-2H3. The van der Waals surface area contributed by atoms with Gasteiger partial charge >= 0.3 is 0 Å². The van der Waals surface area contributed by atoms with Crippen molar-refractivity contribution in [1.29, 1.82) is 0 Å². The van der Waals surface area contributed by atoms with Crippen LogP contribution in [0, 0.1) is 6.92 Å². The Balaban J connectivity index is 2.01. The van der Waals surface area contributed by atoms with Crippen molar-refractivity contribution in [1.82, 2.24) is 9.97 Å². The molecule has 3 rings (SSSR count). The van der Waals surface area contributed by atoms with Crippen molar-refractivity contribution in [3.63, 3.8) is 0 Å². The third-order valence-electron chi connectivity index (χ3n) is 3.07. The quantitative estimate of drug-likeness (QED) is 0.532. The molecule has 0 bridgehead atoms. The minimum Gasteiger partial charge on any atom is -0.463 e. The fourth-order valence-corrected chi connectivity index (χ4v) is 2.08. The molecule has 0 aliphatic heterocycles. The Hall–Kier alpha value is -3.15. The Morgan fingerprint density at radius 3 is 2.74 bits per heavy atom. The summed E-state index contributed by atoms with van der Waals surface area (Å²) < 4.78 is 11.3. The molecule has 0 N–H and O–H groups in total. The molecule has 2 aromatic heterocycles. The van der Waals surface area contributed by atoms with E-state index in [1.807, 2.05) is 37.3 Å². The lowest BCUT2D eigenvalue weighted by atomic mass is 10.1. The monoisotopic (exact) mass is 309 g/mol. The molecule has 0 amide bonds. The summed E-state index contributed by atoms with van der Waals surface area (Å²) >= 11 is 0. The summed E-state index contributed by atoms with van der Waals surface area (Å²) in [6.07, 6.45) is 3.04. The van der Waals surface area contributed by atoms with Gasteiger partial charge in [-0.3, -0.25) is 0 Å². The Bertz CT molecular complexity index is 813. The van der Waals surface area contributed by atoms with Crippen molar-refractivity contribution < 1.29 is 14.0 Å². The van der Waals surface area contributed by atoms with Gasteiger partial charge in [-0.15, -0.1) is 0 Å². The zero-order chi connectivity index (χ0) is 16.1. The lowest BCUT2D eigenvalue weighted by molar-refractivity contribution is 0.213. The van der Waals surface area contributed by atoms with Crippen molar-refractivity contribution in [2.75, 3.05) is 7.11 Å². The van der Waals surface area contributed by atoms with Crippen LogP contribution in [0.1, 0.15) is 17.0 Å². The number of aryl methyl sites for hydroxylation is 1. The maximum atomic E-state index is 5.89. The van der Waals surface area contributed by atoms with Crippen LogP contribution in [0.4, 0.5) is 0 Å². The van der Waals surface area contributed by atoms with Gasteiger partial charge in [-0.05, 0) is 31.2 Å². The van der Waals surface area contributed by atoms with Crippen LogP contribution in [-0.2, 0) is 4.84 Å². The Morgan fingerprint density at radius 2 is 2.00 bits per heavy atom. The maximum Gasteiger partial charge on any atom is 0.222 e. The maximum absolute atomic E-state index is 5.89. The van der Waals surface area contributed by atoms with E-state index in [9.17, 15) is 0 Å². The Labute approximate surface area is 133 Å². The van der Waals surface area contributed by atoms with E-state index in [0.717, 1.165) is 11.3 Å². The first-order valence-corrected chi connectivity index (χ1v) is 6.99. The number of nitrogens with zero attached hydrogens (tertiary/aromatic N) is 3. The predicted octanol–water partition coefficient (Wildman–Crippen LogP) is 3.57. The first-order chi connectivity index (χ1) is 11.3. The van der Waals surface area contributed by atoms with E-state index >= 15 is 0 Å². The van der Waals surface area contributed by atoms with E-state index in [-0.39, 0.29) is 0 Å². The zero-order valence-electron chi connectivity index (χ0n) is 12.8. The fourth-order valence-electron chi connectivity index (χ4n) is 2.08. The highest BCUT2D eigenvalue weighted by Gasteiger charge is 2.16. The second-order valence-corrected chi connectivity index (χ2v) is 4.70. The molecule has 116 valence electrons. The molecular formula is C17H15N3O3. The molecular weight excluding hydrogens is 294 g/mol. The number of para-hydroxylation sites is 1. The van der Waals surface area contributed by atoms with Crippen LogP contribution in [-0.4, -0.2) is 22.8 Å². The number of rotatable bonds is 5. The SMILES string of the molecule is CON=C(c1ccco1)c1ccccc1Oc1cc(C)ncn1. The molecule has 6 nitrogen and oxygen atoms in total. The van der Waals surface area contributed by atoms with E-state index in [1.165, 1.54) is 13.4 Å². The van der Waals surface area contributed by atoms with E-state index in [1.54, 1.807) is 18.4 Å². The van der Waals surface area contributed by atoms with Crippen LogP contribution >= 0.6 is 0 Å². The second kappa shape index (κ2) is 6.74. The van der Waals surface area contributed by atoms with Gasteiger partial charge < -0.3 is 14.0 Å². The zero-order valence-corrected chi connectivity index (χ0v) is 12.8. The van der Waals surface area contributed by atoms with Crippen LogP contribution in [0.15, 0.2) is 64.6 Å². The third kappa shape index (κ3) is 3.37. The van der Waals surface area contributed by atoms with Gasteiger partial charge in [0.05, 0.1) is 11.8 Å². The van der Waals surface area contributed by atoms with E-state index in [4.69, 9.17) is 14.0 Å². The molecule has 0 fully saturated rings. The topological polar surface area (TPSA) is 69.7 Å². The molecule has 0 spiro atoms. The first-order valence-electron chi connectivity index (χ1n) is 6.99. The van der Waals surface area contributed by atoms with Crippen LogP contribution in [0.5, 0.6) is 11.6 Å². The number of aromatic nitrogens is 2. The fraction of sp³-hybridized carbons (Fsp3) is 0.118. The van der Waals surface area contributed by atoms with Crippen LogP contribution in [0.2, 0.25) is 0 Å². The highest BCUT2D eigenvalue weighted by atomic mass is 16.6. The molecule has 0 radical (unpaired) electrons. The van der Waals surface area contributed by atoms with Crippen LogP contribution in [0.3, 0.4) is 0 Å². The largest absolute Gasteiger partial charge is 0.463 e. The van der Waals surface area contributed by atoms with Gasteiger partial charge in [-0.1, -0.05) is 17.3 Å². The van der Waals surface area contributed by atoms with Crippen molar-refractivity contribution >= 4 is 5.71 Å². The predicted molar refractivity (Wildman–Crippen MR) is 84.6 cm³/mol. The lowest BCUT2D eigenvalue weighted by Crippen LogP contribution is -2.05. The van der Waals surface area contributed by atoms with Gasteiger partial charge in [0, 0.05) is 11.8 Å².